The van der Waals surface area contributed by atoms with E-state index in [-0.39, 0.29) is 13.0 Å². The fraction of sp³-hybridized carbons (Fsp3) is 0.900. The van der Waals surface area contributed by atoms with Crippen LogP contribution in [0.15, 0.2) is 0 Å². The molecule has 0 fully saturated rings. The Labute approximate surface area is 178 Å². The van der Waals surface area contributed by atoms with Crippen LogP contribution >= 0.6 is 0 Å². The molecule has 7 nitrogen and oxygen atoms in total. The molecule has 0 aromatic carbocycles. The van der Waals surface area contributed by atoms with Gasteiger partial charge in [0.1, 0.15) is 0 Å². The molecule has 0 saturated carbocycles. The zero-order valence-electron chi connectivity index (χ0n) is 18.6. The van der Waals surface area contributed by atoms with Crippen molar-refractivity contribution in [3.8, 4) is 0 Å². The van der Waals surface area contributed by atoms with Gasteiger partial charge in [0.15, 0.2) is 0 Å². The standard InChI is InChI=1S/C20H39F3N4O3/c1-25(12-4-6-14-26(2)16-8-10-18(28)29)13-5-7-15-27(3)17-9-11-24-19(30)20(21,22)23/h4-17H2,1-3H3,(H,24,30)(H,28,29). The first-order valence-corrected chi connectivity index (χ1v) is 10.6. The predicted molar refractivity (Wildman–Crippen MR) is 112 cm³/mol. The molecule has 1 amide bonds. The molecule has 0 aliphatic heterocycles. The Kier molecular flexibility index (Phi) is 15.6. The average Bonchev–Trinajstić information content (AvgIpc) is 2.64. The summed E-state index contributed by atoms with van der Waals surface area (Å²) in [5.41, 5.74) is 0. The molecule has 0 aromatic heterocycles. The molecule has 0 aromatic rings. The Morgan fingerprint density at radius 2 is 1.10 bits per heavy atom. The quantitative estimate of drug-likeness (QED) is 0.319. The first-order chi connectivity index (χ1) is 14.0. The summed E-state index contributed by atoms with van der Waals surface area (Å²) in [4.78, 5) is 27.7. The van der Waals surface area contributed by atoms with Gasteiger partial charge in [0.25, 0.3) is 0 Å². The zero-order chi connectivity index (χ0) is 23.0. The number of alkyl halides is 3. The van der Waals surface area contributed by atoms with Crippen molar-refractivity contribution in [2.24, 2.45) is 0 Å². The van der Waals surface area contributed by atoms with E-state index in [1.54, 1.807) is 0 Å². The van der Waals surface area contributed by atoms with Gasteiger partial charge in [0, 0.05) is 13.0 Å². The zero-order valence-corrected chi connectivity index (χ0v) is 18.6. The van der Waals surface area contributed by atoms with E-state index >= 15 is 0 Å². The molecule has 2 N–H and O–H groups in total. The van der Waals surface area contributed by atoms with Crippen molar-refractivity contribution < 1.29 is 27.9 Å². The van der Waals surface area contributed by atoms with Gasteiger partial charge in [0.2, 0.25) is 0 Å². The van der Waals surface area contributed by atoms with E-state index in [1.165, 1.54) is 0 Å². The lowest BCUT2D eigenvalue weighted by atomic mass is 10.2. The van der Waals surface area contributed by atoms with Gasteiger partial charge in [-0.25, -0.2) is 0 Å². The third-order valence-corrected chi connectivity index (χ3v) is 4.85. The van der Waals surface area contributed by atoms with Crippen LogP contribution in [0.3, 0.4) is 0 Å². The fourth-order valence-electron chi connectivity index (χ4n) is 3.01. The second-order valence-electron chi connectivity index (χ2n) is 7.93. The summed E-state index contributed by atoms with van der Waals surface area (Å²) < 4.78 is 36.2. The summed E-state index contributed by atoms with van der Waals surface area (Å²) in [6.07, 6.45) is 0.839. The Balaban J connectivity index is 3.56. The molecule has 0 aliphatic rings. The molecular formula is C20H39F3N4O3. The highest BCUT2D eigenvalue weighted by Crippen LogP contribution is 2.13. The van der Waals surface area contributed by atoms with Crippen molar-refractivity contribution in [2.75, 3.05) is 67.0 Å². The Morgan fingerprint density at radius 3 is 1.47 bits per heavy atom. The lowest BCUT2D eigenvalue weighted by Crippen LogP contribution is -2.38. The predicted octanol–water partition coefficient (Wildman–Crippen LogP) is 2.28. The van der Waals surface area contributed by atoms with Crippen LogP contribution < -0.4 is 5.32 Å². The van der Waals surface area contributed by atoms with Crippen molar-refractivity contribution in [3.05, 3.63) is 0 Å². The summed E-state index contributed by atoms with van der Waals surface area (Å²) >= 11 is 0. The molecule has 0 rings (SSSR count). The van der Waals surface area contributed by atoms with Crippen LogP contribution in [0.5, 0.6) is 0 Å². The van der Waals surface area contributed by atoms with Crippen LogP contribution in [0.25, 0.3) is 0 Å². The summed E-state index contributed by atoms with van der Waals surface area (Å²) in [6, 6.07) is 0. The molecule has 0 saturated heterocycles. The van der Waals surface area contributed by atoms with Crippen LogP contribution in [0, 0.1) is 0 Å². The number of hydrogen-bond donors (Lipinski definition) is 2. The van der Waals surface area contributed by atoms with Crippen LogP contribution in [-0.4, -0.2) is 105 Å². The van der Waals surface area contributed by atoms with Crippen molar-refractivity contribution in [2.45, 2.75) is 51.1 Å². The second kappa shape index (κ2) is 16.3. The topological polar surface area (TPSA) is 76.1 Å². The second-order valence-corrected chi connectivity index (χ2v) is 7.93. The van der Waals surface area contributed by atoms with Gasteiger partial charge in [-0.05, 0) is 98.9 Å². The van der Waals surface area contributed by atoms with Crippen molar-refractivity contribution in [1.29, 1.82) is 0 Å². The first kappa shape index (κ1) is 28.6. The first-order valence-electron chi connectivity index (χ1n) is 10.6. The third kappa shape index (κ3) is 17.5. The molecule has 0 heterocycles. The number of aliphatic carboxylic acids is 1. The number of rotatable bonds is 18. The van der Waals surface area contributed by atoms with Gasteiger partial charge < -0.3 is 25.1 Å². The van der Waals surface area contributed by atoms with Crippen LogP contribution in [0.1, 0.15) is 44.9 Å². The Morgan fingerprint density at radius 1 is 0.733 bits per heavy atom. The van der Waals surface area contributed by atoms with Crippen LogP contribution in [0.2, 0.25) is 0 Å². The van der Waals surface area contributed by atoms with E-state index in [0.717, 1.165) is 58.4 Å². The Hall–Kier alpha value is -1.39. The van der Waals surface area contributed by atoms with Crippen molar-refractivity contribution in [1.82, 2.24) is 20.0 Å². The van der Waals surface area contributed by atoms with Crippen molar-refractivity contribution in [3.63, 3.8) is 0 Å². The maximum Gasteiger partial charge on any atom is 0.471 e. The van der Waals surface area contributed by atoms with Crippen LogP contribution in [0.4, 0.5) is 13.2 Å². The van der Waals surface area contributed by atoms with Gasteiger partial charge in [-0.3, -0.25) is 9.59 Å². The molecule has 0 bridgehead atoms. The maximum absolute atomic E-state index is 12.1. The Bertz CT molecular complexity index is 479. The maximum atomic E-state index is 12.1. The number of carboxylic acids is 1. The summed E-state index contributed by atoms with van der Waals surface area (Å²) in [7, 11) is 6.05. The highest BCUT2D eigenvalue weighted by Gasteiger charge is 2.38. The lowest BCUT2D eigenvalue weighted by molar-refractivity contribution is -0.173. The number of carboxylic acid groups (broad SMARTS) is 1. The van der Waals surface area contributed by atoms with Gasteiger partial charge in [0.05, 0.1) is 0 Å². The number of hydrogen-bond acceptors (Lipinski definition) is 5. The van der Waals surface area contributed by atoms with Gasteiger partial charge in [-0.1, -0.05) is 0 Å². The van der Waals surface area contributed by atoms with E-state index < -0.39 is 18.1 Å². The number of nitrogens with one attached hydrogen (secondary N) is 1. The van der Waals surface area contributed by atoms with E-state index in [1.807, 2.05) is 19.4 Å². The summed E-state index contributed by atoms with van der Waals surface area (Å²) in [5.74, 6) is -2.62. The van der Waals surface area contributed by atoms with Crippen molar-refractivity contribution >= 4 is 11.9 Å². The minimum atomic E-state index is -4.81. The molecule has 0 unspecified atom stereocenters. The lowest BCUT2D eigenvalue weighted by Gasteiger charge is -2.20. The molecule has 0 aliphatic carbocycles. The number of unbranched alkanes of at least 4 members (excludes halogenated alkanes) is 2. The van der Waals surface area contributed by atoms with E-state index in [4.69, 9.17) is 5.11 Å². The normalized spacial score (nSPS) is 12.2. The highest BCUT2D eigenvalue weighted by atomic mass is 19.4. The monoisotopic (exact) mass is 440 g/mol. The molecule has 0 atom stereocenters. The minimum absolute atomic E-state index is 0.0279. The van der Waals surface area contributed by atoms with E-state index in [0.29, 0.717) is 19.4 Å². The van der Waals surface area contributed by atoms with Gasteiger partial charge in [-0.15, -0.1) is 0 Å². The highest BCUT2D eigenvalue weighted by molar-refractivity contribution is 5.81. The number of carbonyl (C=O) groups is 2. The van der Waals surface area contributed by atoms with E-state index in [9.17, 15) is 22.8 Å². The number of amides is 1. The fourth-order valence-corrected chi connectivity index (χ4v) is 3.01. The number of nitrogens with zero attached hydrogens (tertiary/aromatic N) is 3. The number of carbonyl (C=O) groups excluding carboxylic acids is 1. The third-order valence-electron chi connectivity index (χ3n) is 4.85. The largest absolute Gasteiger partial charge is 0.481 e. The van der Waals surface area contributed by atoms with Gasteiger partial charge >= 0.3 is 18.1 Å². The number of halogens is 3. The minimum Gasteiger partial charge on any atom is -0.481 e. The smallest absolute Gasteiger partial charge is 0.471 e. The molecular weight excluding hydrogens is 401 g/mol. The summed E-state index contributed by atoms with van der Waals surface area (Å²) in [6.45, 7) is 5.37. The molecule has 0 radical (unpaired) electrons. The van der Waals surface area contributed by atoms with E-state index in [2.05, 4.69) is 21.7 Å². The molecule has 0 spiro atoms. The summed E-state index contributed by atoms with van der Waals surface area (Å²) in [5, 5.41) is 10.5. The molecule has 178 valence electrons. The molecule has 10 heteroatoms. The van der Waals surface area contributed by atoms with Gasteiger partial charge in [-0.2, -0.15) is 13.2 Å². The molecule has 30 heavy (non-hydrogen) atoms. The van der Waals surface area contributed by atoms with Crippen LogP contribution in [-0.2, 0) is 9.59 Å². The average molecular weight is 441 g/mol. The SMILES string of the molecule is CN(CCCCN(C)CCCNC(=O)C(F)(F)F)CCCCN(C)CCCC(=O)O.